The third-order valence-electron chi connectivity index (χ3n) is 4.08. The number of carbonyl (C=O) groups is 3. The van der Waals surface area contributed by atoms with Crippen LogP contribution in [0.15, 0.2) is 48.7 Å². The van der Waals surface area contributed by atoms with Crippen LogP contribution in [-0.2, 0) is 4.79 Å². The lowest BCUT2D eigenvalue weighted by molar-refractivity contribution is -0.129. The zero-order chi connectivity index (χ0) is 22.1. The molecule has 156 valence electrons. The number of rotatable bonds is 7. The van der Waals surface area contributed by atoms with Gasteiger partial charge in [0, 0.05) is 24.5 Å². The second kappa shape index (κ2) is 10.6. The highest BCUT2D eigenvalue weighted by molar-refractivity contribution is 6.01. The number of nitrogens with one attached hydrogen (secondary N) is 3. The minimum atomic E-state index is -0.828. The van der Waals surface area contributed by atoms with Gasteiger partial charge in [0.1, 0.15) is 11.9 Å². The number of urea groups is 1. The molecule has 1 unspecified atom stereocenters. The van der Waals surface area contributed by atoms with Crippen molar-refractivity contribution in [3.05, 3.63) is 54.2 Å². The average Bonchev–Trinajstić information content (AvgIpc) is 2.72. The molecule has 2 aromatic rings. The molecule has 9 nitrogen and oxygen atoms in total. The molecule has 0 fully saturated rings. The van der Waals surface area contributed by atoms with Gasteiger partial charge in [-0.15, -0.1) is 0 Å². The summed E-state index contributed by atoms with van der Waals surface area (Å²) in [5.74, 6) is -0.437. The summed E-state index contributed by atoms with van der Waals surface area (Å²) in [7, 11) is 1.35. The summed E-state index contributed by atoms with van der Waals surface area (Å²) in [6.07, 6.45) is 3.70. The number of nitriles is 1. The molecule has 9 heteroatoms. The molecule has 0 aliphatic carbocycles. The van der Waals surface area contributed by atoms with Gasteiger partial charge in [0.2, 0.25) is 0 Å². The molecule has 1 heterocycles. The summed E-state index contributed by atoms with van der Waals surface area (Å²) in [6, 6.07) is 10.1. The zero-order valence-corrected chi connectivity index (χ0v) is 17.0. The molecule has 3 N–H and O–H groups in total. The van der Waals surface area contributed by atoms with Crippen molar-refractivity contribution in [2.75, 3.05) is 17.7 Å². The monoisotopic (exact) mass is 408 g/mol. The van der Waals surface area contributed by atoms with Crippen LogP contribution in [0, 0.1) is 17.4 Å². The molecule has 0 radical (unpaired) electrons. The van der Waals surface area contributed by atoms with Crippen LogP contribution in [0.25, 0.3) is 0 Å². The zero-order valence-electron chi connectivity index (χ0n) is 17.0. The number of aromatic nitrogens is 1. The number of hydrogen-bond donors (Lipinski definition) is 3. The molecular weight excluding hydrogens is 384 g/mol. The van der Waals surface area contributed by atoms with Crippen molar-refractivity contribution in [1.29, 1.82) is 5.26 Å². The molecule has 4 amide bonds. The molecule has 0 bridgehead atoms. The smallest absolute Gasteiger partial charge is 0.324 e. The normalized spacial score (nSPS) is 11.2. The van der Waals surface area contributed by atoms with Crippen molar-refractivity contribution < 1.29 is 14.4 Å². The lowest BCUT2D eigenvalue weighted by atomic mass is 10.0. The first-order valence-electron chi connectivity index (χ1n) is 9.37. The number of carbonyl (C=O) groups excluding carboxylic acids is 3. The maximum absolute atomic E-state index is 12.7. The fourth-order valence-electron chi connectivity index (χ4n) is 2.67. The standard InChI is InChI=1S/C21H24N6O3/c1-14(2)11-17(20(29)27(3)13-22)25-19(28)15-7-6-8-16(12-15)24-21(30)26-18-9-4-5-10-23-18/h4-10,12,14,17H,11H2,1-3H3,(H,25,28)(H2,23,24,26,30). The maximum atomic E-state index is 12.7. The van der Waals surface area contributed by atoms with E-state index in [1.807, 2.05) is 13.8 Å². The van der Waals surface area contributed by atoms with Gasteiger partial charge in [-0.2, -0.15) is 5.26 Å². The maximum Gasteiger partial charge on any atom is 0.324 e. The third kappa shape index (κ3) is 6.60. The molecule has 0 saturated heterocycles. The first-order valence-corrected chi connectivity index (χ1v) is 9.37. The topological polar surface area (TPSA) is 127 Å². The molecule has 1 aromatic carbocycles. The van der Waals surface area contributed by atoms with Crippen molar-refractivity contribution in [3.63, 3.8) is 0 Å². The number of benzene rings is 1. The van der Waals surface area contributed by atoms with Gasteiger partial charge >= 0.3 is 6.03 Å². The average molecular weight is 408 g/mol. The van der Waals surface area contributed by atoms with Crippen molar-refractivity contribution >= 4 is 29.4 Å². The van der Waals surface area contributed by atoms with E-state index in [4.69, 9.17) is 5.26 Å². The summed E-state index contributed by atoms with van der Waals surface area (Å²) in [5, 5.41) is 16.9. The van der Waals surface area contributed by atoms with E-state index in [2.05, 4.69) is 20.9 Å². The Morgan fingerprint density at radius 2 is 1.90 bits per heavy atom. The second-order valence-corrected chi connectivity index (χ2v) is 7.03. The minimum Gasteiger partial charge on any atom is -0.340 e. The van der Waals surface area contributed by atoms with Crippen molar-refractivity contribution in [3.8, 4) is 6.19 Å². The van der Waals surface area contributed by atoms with E-state index >= 15 is 0 Å². The van der Waals surface area contributed by atoms with Crippen LogP contribution in [0.4, 0.5) is 16.3 Å². The predicted molar refractivity (Wildman–Crippen MR) is 112 cm³/mol. The van der Waals surface area contributed by atoms with Crippen LogP contribution in [-0.4, -0.2) is 40.8 Å². The SMILES string of the molecule is CC(C)CC(NC(=O)c1cccc(NC(=O)Nc2ccccn2)c1)C(=O)N(C)C#N. The predicted octanol–water partition coefficient (Wildman–Crippen LogP) is 2.81. The van der Waals surface area contributed by atoms with Crippen molar-refractivity contribution in [2.24, 2.45) is 5.92 Å². The molecule has 0 aliphatic heterocycles. The Morgan fingerprint density at radius 1 is 1.13 bits per heavy atom. The number of nitrogens with zero attached hydrogens (tertiary/aromatic N) is 3. The fraction of sp³-hybridized carbons (Fsp3) is 0.286. The van der Waals surface area contributed by atoms with Gasteiger partial charge in [-0.25, -0.2) is 9.78 Å². The number of anilines is 2. The highest BCUT2D eigenvalue weighted by Gasteiger charge is 2.25. The first kappa shape index (κ1) is 22.4. The number of likely N-dealkylation sites (N-methyl/N-ethyl adjacent to an activating group) is 1. The molecule has 2 rings (SSSR count). The van der Waals surface area contributed by atoms with E-state index in [9.17, 15) is 14.4 Å². The fourth-order valence-corrected chi connectivity index (χ4v) is 2.67. The summed E-state index contributed by atoms with van der Waals surface area (Å²) < 4.78 is 0. The van der Waals surface area contributed by atoms with E-state index in [0.29, 0.717) is 17.9 Å². The van der Waals surface area contributed by atoms with Gasteiger partial charge in [0.25, 0.3) is 11.8 Å². The summed E-state index contributed by atoms with van der Waals surface area (Å²) in [4.78, 5) is 42.1. The molecular formula is C21H24N6O3. The number of hydrogen-bond acceptors (Lipinski definition) is 5. The Morgan fingerprint density at radius 3 is 2.53 bits per heavy atom. The molecule has 0 spiro atoms. The second-order valence-electron chi connectivity index (χ2n) is 7.03. The summed E-state index contributed by atoms with van der Waals surface area (Å²) in [5.41, 5.74) is 0.670. The third-order valence-corrected chi connectivity index (χ3v) is 4.08. The number of amides is 4. The largest absolute Gasteiger partial charge is 0.340 e. The lowest BCUT2D eigenvalue weighted by Gasteiger charge is -2.21. The molecule has 30 heavy (non-hydrogen) atoms. The Kier molecular flexibility index (Phi) is 7.88. The van der Waals surface area contributed by atoms with E-state index < -0.39 is 23.9 Å². The van der Waals surface area contributed by atoms with Gasteiger partial charge in [-0.3, -0.25) is 19.8 Å². The Hall–Kier alpha value is -3.93. The van der Waals surface area contributed by atoms with Gasteiger partial charge in [0.05, 0.1) is 0 Å². The highest BCUT2D eigenvalue weighted by Crippen LogP contribution is 2.13. The van der Waals surface area contributed by atoms with Gasteiger partial charge in [-0.1, -0.05) is 26.0 Å². The van der Waals surface area contributed by atoms with E-state index in [1.54, 1.807) is 48.8 Å². The van der Waals surface area contributed by atoms with Crippen molar-refractivity contribution in [1.82, 2.24) is 15.2 Å². The van der Waals surface area contributed by atoms with Crippen LogP contribution in [0.2, 0.25) is 0 Å². The Labute approximate surface area is 175 Å². The van der Waals surface area contributed by atoms with Crippen LogP contribution >= 0.6 is 0 Å². The van der Waals surface area contributed by atoms with Gasteiger partial charge in [0.15, 0.2) is 6.19 Å². The van der Waals surface area contributed by atoms with Gasteiger partial charge < -0.3 is 10.6 Å². The number of pyridine rings is 1. The van der Waals surface area contributed by atoms with Crippen LogP contribution in [0.5, 0.6) is 0 Å². The Balaban J connectivity index is 2.07. The van der Waals surface area contributed by atoms with Crippen LogP contribution in [0.3, 0.4) is 0 Å². The Bertz CT molecular complexity index is 939. The molecule has 1 aromatic heterocycles. The quantitative estimate of drug-likeness (QED) is 0.479. The van der Waals surface area contributed by atoms with E-state index in [0.717, 1.165) is 4.90 Å². The lowest BCUT2D eigenvalue weighted by Crippen LogP contribution is -2.46. The van der Waals surface area contributed by atoms with Crippen LogP contribution < -0.4 is 16.0 Å². The van der Waals surface area contributed by atoms with Crippen LogP contribution in [0.1, 0.15) is 30.6 Å². The minimum absolute atomic E-state index is 0.134. The van der Waals surface area contributed by atoms with E-state index in [-0.39, 0.29) is 11.5 Å². The molecule has 1 atom stereocenters. The van der Waals surface area contributed by atoms with Gasteiger partial charge in [-0.05, 0) is 42.7 Å². The first-order chi connectivity index (χ1) is 14.3. The summed E-state index contributed by atoms with van der Waals surface area (Å²) in [6.45, 7) is 3.84. The van der Waals surface area contributed by atoms with E-state index in [1.165, 1.54) is 13.1 Å². The summed E-state index contributed by atoms with van der Waals surface area (Å²) >= 11 is 0. The van der Waals surface area contributed by atoms with Crippen molar-refractivity contribution in [2.45, 2.75) is 26.3 Å². The molecule has 0 aliphatic rings. The highest BCUT2D eigenvalue weighted by atomic mass is 16.2. The molecule has 0 saturated carbocycles.